The second-order valence-corrected chi connectivity index (χ2v) is 10.8. The summed E-state index contributed by atoms with van der Waals surface area (Å²) in [6.07, 6.45) is 3.12. The van der Waals surface area contributed by atoms with E-state index in [9.17, 15) is 9.59 Å². The summed E-state index contributed by atoms with van der Waals surface area (Å²) in [7, 11) is 0. The van der Waals surface area contributed by atoms with Crippen LogP contribution in [0.5, 0.6) is 0 Å². The molecule has 2 N–H and O–H groups in total. The summed E-state index contributed by atoms with van der Waals surface area (Å²) in [6.45, 7) is 1.10. The van der Waals surface area contributed by atoms with Crippen molar-refractivity contribution >= 4 is 11.8 Å². The van der Waals surface area contributed by atoms with Crippen molar-refractivity contribution in [2.24, 2.45) is 5.73 Å². The maximum Gasteiger partial charge on any atom is 0.261 e. The number of rotatable bonds is 7. The summed E-state index contributed by atoms with van der Waals surface area (Å²) in [5.74, 6) is 12.3. The van der Waals surface area contributed by atoms with Crippen LogP contribution in [-0.2, 0) is 0 Å². The van der Waals surface area contributed by atoms with Crippen LogP contribution in [-0.4, -0.2) is 29.8 Å². The van der Waals surface area contributed by atoms with E-state index < -0.39 is 0 Å². The van der Waals surface area contributed by atoms with Crippen molar-refractivity contribution in [2.75, 3.05) is 13.1 Å². The number of hydrogen-bond acceptors (Lipinski definition) is 3. The van der Waals surface area contributed by atoms with Gasteiger partial charge >= 0.3 is 0 Å². The molecule has 0 fully saturated rings. The molecule has 4 nitrogen and oxygen atoms in total. The third-order valence-electron chi connectivity index (χ3n) is 7.47. The van der Waals surface area contributed by atoms with Crippen LogP contribution < -0.4 is 5.73 Å². The molecule has 5 aromatic carbocycles. The van der Waals surface area contributed by atoms with E-state index in [1.165, 1.54) is 16.0 Å². The molecule has 0 aliphatic carbocycles. The van der Waals surface area contributed by atoms with E-state index in [1.54, 1.807) is 24.3 Å². The van der Waals surface area contributed by atoms with Gasteiger partial charge in [-0.25, -0.2) is 0 Å². The first-order chi connectivity index (χ1) is 22.6. The molecule has 0 spiro atoms. The van der Waals surface area contributed by atoms with Crippen LogP contribution in [0.25, 0.3) is 22.3 Å². The Kier molecular flexibility index (Phi) is 11.3. The summed E-state index contributed by atoms with van der Waals surface area (Å²) in [5.41, 5.74) is 13.2. The van der Waals surface area contributed by atoms with E-state index >= 15 is 0 Å². The van der Waals surface area contributed by atoms with Crippen molar-refractivity contribution in [1.82, 2.24) is 4.90 Å². The highest BCUT2D eigenvalue weighted by molar-refractivity contribution is 6.21. The summed E-state index contributed by atoms with van der Waals surface area (Å²) in [6, 6.07) is 44.0. The number of hydrogen-bond donors (Lipinski definition) is 1. The Bertz CT molecular complexity index is 1870. The van der Waals surface area contributed by atoms with Crippen LogP contribution in [0.4, 0.5) is 0 Å². The van der Waals surface area contributed by atoms with Crippen LogP contribution in [0.1, 0.15) is 57.5 Å². The van der Waals surface area contributed by atoms with E-state index in [0.29, 0.717) is 37.1 Å². The van der Waals surface area contributed by atoms with Gasteiger partial charge in [-0.2, -0.15) is 0 Å². The number of carbonyl (C=O) groups is 2. The first-order valence-electron chi connectivity index (χ1n) is 15.6. The number of nitrogens with zero attached hydrogens (tertiary/aromatic N) is 1. The zero-order valence-electron chi connectivity index (χ0n) is 25.8. The van der Waals surface area contributed by atoms with Crippen LogP contribution in [0.2, 0.25) is 0 Å². The van der Waals surface area contributed by atoms with Crippen molar-refractivity contribution in [3.05, 3.63) is 156 Å². The minimum Gasteiger partial charge on any atom is -0.330 e. The van der Waals surface area contributed by atoms with Crippen LogP contribution in [0, 0.1) is 23.7 Å². The largest absolute Gasteiger partial charge is 0.330 e. The zero-order valence-corrected chi connectivity index (χ0v) is 25.8. The highest BCUT2D eigenvalue weighted by atomic mass is 16.2. The summed E-state index contributed by atoms with van der Waals surface area (Å²) < 4.78 is 0. The van der Waals surface area contributed by atoms with Crippen molar-refractivity contribution in [3.8, 4) is 45.9 Å². The summed E-state index contributed by atoms with van der Waals surface area (Å²) in [5, 5.41) is 0. The van der Waals surface area contributed by atoms with Crippen molar-refractivity contribution in [2.45, 2.75) is 25.7 Å². The Morgan fingerprint density at radius 2 is 0.935 bits per heavy atom. The molecule has 0 bridgehead atoms. The molecule has 6 rings (SSSR count). The topological polar surface area (TPSA) is 63.4 Å². The molecule has 46 heavy (non-hydrogen) atoms. The molecule has 0 unspecified atom stereocenters. The molecule has 1 aliphatic heterocycles. The van der Waals surface area contributed by atoms with Crippen LogP contribution in [0.3, 0.4) is 0 Å². The Hall–Kier alpha value is -5.68. The number of nitrogens with two attached hydrogens (primary N) is 1. The third kappa shape index (κ3) is 8.48. The SMILES string of the molecule is NCCCC#Cc1cccc(-c2ccccc2)c1.O=C1c2ccccc2C(=O)N1CCCC#Cc1cccc(-c2ccccc2)c1. The Labute approximate surface area is 271 Å². The molecule has 2 amide bonds. The van der Waals surface area contributed by atoms with Gasteiger partial charge in [-0.05, 0) is 78.0 Å². The second kappa shape index (κ2) is 16.4. The predicted octanol–water partition coefficient (Wildman–Crippen LogP) is 8.23. The Morgan fingerprint density at radius 1 is 0.500 bits per heavy atom. The maximum absolute atomic E-state index is 12.3. The average Bonchev–Trinajstić information content (AvgIpc) is 3.36. The van der Waals surface area contributed by atoms with Crippen molar-refractivity contribution in [3.63, 3.8) is 0 Å². The molecule has 0 saturated carbocycles. The van der Waals surface area contributed by atoms with Gasteiger partial charge in [0.05, 0.1) is 11.1 Å². The number of carbonyl (C=O) groups excluding carboxylic acids is 2. The Morgan fingerprint density at radius 3 is 1.41 bits per heavy atom. The summed E-state index contributed by atoms with van der Waals surface area (Å²) >= 11 is 0. The molecule has 0 radical (unpaired) electrons. The van der Waals surface area contributed by atoms with Gasteiger partial charge in [0.15, 0.2) is 0 Å². The minimum absolute atomic E-state index is 0.205. The van der Waals surface area contributed by atoms with E-state index in [1.807, 2.05) is 42.5 Å². The van der Waals surface area contributed by atoms with Crippen molar-refractivity contribution < 1.29 is 9.59 Å². The highest BCUT2D eigenvalue weighted by Gasteiger charge is 2.34. The Balaban J connectivity index is 0.000000200. The van der Waals surface area contributed by atoms with Crippen LogP contribution >= 0.6 is 0 Å². The van der Waals surface area contributed by atoms with E-state index in [2.05, 4.69) is 90.4 Å². The van der Waals surface area contributed by atoms with Gasteiger partial charge in [-0.15, -0.1) is 0 Å². The monoisotopic (exact) mass is 600 g/mol. The smallest absolute Gasteiger partial charge is 0.261 e. The van der Waals surface area contributed by atoms with Crippen LogP contribution in [0.15, 0.2) is 133 Å². The molecule has 0 aromatic heterocycles. The standard InChI is InChI=1S/C25H19NO2.C17H17N/c27-24-22-15-6-7-16-23(22)25(28)26(24)17-8-2-3-10-19-11-9-14-21(18-19)20-12-4-1-5-13-20;18-13-6-2-3-8-15-9-7-12-17(14-15)16-10-4-1-5-11-16/h1,4-7,9,11-16,18H,2,8,17H2;1,4-5,7,9-12,14H,2,6,13,18H2. The molecule has 0 atom stereocenters. The van der Waals surface area contributed by atoms with Gasteiger partial charge in [0.1, 0.15) is 0 Å². The lowest BCUT2D eigenvalue weighted by Crippen LogP contribution is -2.30. The predicted molar refractivity (Wildman–Crippen MR) is 187 cm³/mol. The van der Waals surface area contributed by atoms with Gasteiger partial charge < -0.3 is 5.73 Å². The lowest BCUT2D eigenvalue weighted by molar-refractivity contribution is 0.0653. The average molecular weight is 601 g/mol. The molecular weight excluding hydrogens is 564 g/mol. The van der Waals surface area contributed by atoms with E-state index in [-0.39, 0.29) is 11.8 Å². The fourth-order valence-electron chi connectivity index (χ4n) is 5.10. The lowest BCUT2D eigenvalue weighted by atomic mass is 10.0. The third-order valence-corrected chi connectivity index (χ3v) is 7.47. The molecule has 226 valence electrons. The van der Waals surface area contributed by atoms with Gasteiger partial charge in [-0.3, -0.25) is 14.5 Å². The van der Waals surface area contributed by atoms with E-state index in [0.717, 1.165) is 35.1 Å². The van der Waals surface area contributed by atoms with Gasteiger partial charge in [0, 0.05) is 30.5 Å². The van der Waals surface area contributed by atoms with Gasteiger partial charge in [0.25, 0.3) is 11.8 Å². The number of imide groups is 1. The number of benzene rings is 5. The van der Waals surface area contributed by atoms with Gasteiger partial charge in [-0.1, -0.05) is 121 Å². The molecule has 5 aromatic rings. The zero-order chi connectivity index (χ0) is 32.0. The normalized spacial score (nSPS) is 11.4. The van der Waals surface area contributed by atoms with Gasteiger partial charge in [0.2, 0.25) is 0 Å². The number of unbranched alkanes of at least 4 members (excludes halogenated alkanes) is 2. The lowest BCUT2D eigenvalue weighted by Gasteiger charge is -2.12. The second-order valence-electron chi connectivity index (χ2n) is 10.8. The molecule has 1 aliphatic rings. The fraction of sp³-hybridized carbons (Fsp3) is 0.143. The minimum atomic E-state index is -0.205. The molecule has 0 saturated heterocycles. The fourth-order valence-corrected chi connectivity index (χ4v) is 5.10. The van der Waals surface area contributed by atoms with Crippen molar-refractivity contribution in [1.29, 1.82) is 0 Å². The molecule has 1 heterocycles. The first kappa shape index (κ1) is 31.7. The first-order valence-corrected chi connectivity index (χ1v) is 15.6. The number of fused-ring (bicyclic) bond motifs is 1. The molecular formula is C42H36N2O2. The van der Waals surface area contributed by atoms with E-state index in [4.69, 9.17) is 5.73 Å². The molecule has 4 heteroatoms. The maximum atomic E-state index is 12.3. The summed E-state index contributed by atoms with van der Waals surface area (Å²) in [4.78, 5) is 26.0. The number of amides is 2. The highest BCUT2D eigenvalue weighted by Crippen LogP contribution is 2.23. The quantitative estimate of drug-likeness (QED) is 0.116.